The minimum Gasteiger partial charge on any atom is -0.361 e. The van der Waals surface area contributed by atoms with Crippen molar-refractivity contribution >= 4 is 42.3 Å². The lowest BCUT2D eigenvalue weighted by atomic mass is 10.1. The Hall–Kier alpha value is -1.77. The van der Waals surface area contributed by atoms with E-state index in [2.05, 4.69) is 53.2 Å². The number of halogens is 3. The molecular weight excluding hydrogens is 514 g/mol. The van der Waals surface area contributed by atoms with Crippen LogP contribution in [0.15, 0.2) is 55.0 Å². The van der Waals surface area contributed by atoms with Crippen molar-refractivity contribution in [2.75, 3.05) is 11.4 Å². The lowest BCUT2D eigenvalue weighted by molar-refractivity contribution is 0.429. The third kappa shape index (κ3) is 5.10. The largest absolute Gasteiger partial charge is 0.361 e. The van der Waals surface area contributed by atoms with Crippen LogP contribution in [-0.2, 0) is 13.1 Å². The number of nitrogens with one attached hydrogen (secondary N) is 1. The summed E-state index contributed by atoms with van der Waals surface area (Å²) in [5.74, 6) is -0.356. The molecule has 1 N–H and O–H groups in total. The van der Waals surface area contributed by atoms with Crippen LogP contribution in [-0.4, -0.2) is 29.7 Å². The molecule has 0 bridgehead atoms. The third-order valence-corrected chi connectivity index (χ3v) is 8.09. The molecule has 0 radical (unpaired) electrons. The molecule has 0 saturated carbocycles. The Kier molecular flexibility index (Phi) is 7.17. The lowest BCUT2D eigenvalue weighted by Crippen LogP contribution is -2.39. The van der Waals surface area contributed by atoms with Crippen molar-refractivity contribution in [1.82, 2.24) is 13.1 Å². The first kappa shape index (κ1) is 21.5. The van der Waals surface area contributed by atoms with Gasteiger partial charge in [0.2, 0.25) is 0 Å². The number of fused-ring (bicyclic) bond motifs is 1. The molecule has 1 unspecified atom stereocenters. The van der Waals surface area contributed by atoms with Crippen LogP contribution in [0.5, 0.6) is 0 Å². The van der Waals surface area contributed by atoms with Crippen molar-refractivity contribution in [2.45, 2.75) is 38.9 Å². The molecule has 0 spiro atoms. The quantitative estimate of drug-likeness (QED) is 0.312. The molecule has 30 heavy (non-hydrogen) atoms. The van der Waals surface area contributed by atoms with Crippen LogP contribution in [0.2, 0.25) is 5.02 Å². The van der Waals surface area contributed by atoms with Gasteiger partial charge < -0.3 is 9.88 Å². The molecule has 0 saturated heterocycles. The second-order valence-corrected chi connectivity index (χ2v) is 10.4. The van der Waals surface area contributed by atoms with Gasteiger partial charge in [-0.05, 0) is 60.8 Å². The summed E-state index contributed by atoms with van der Waals surface area (Å²) < 4.78 is 18.6. The maximum atomic E-state index is 13.8. The summed E-state index contributed by atoms with van der Waals surface area (Å²) in [6.45, 7) is 4.97. The predicted octanol–water partition coefficient (Wildman–Crippen LogP) is 5.93. The number of anilines is 1. The number of rotatable bonds is 6. The molecule has 1 aliphatic heterocycles. The molecule has 4 rings (SSSR count). The molecule has 3 aromatic rings. The molecule has 158 valence electrons. The van der Waals surface area contributed by atoms with E-state index >= 15 is 0 Å². The highest BCUT2D eigenvalue weighted by molar-refractivity contribution is 14.2. The second kappa shape index (κ2) is 10.0. The average Bonchev–Trinajstić information content (AvgIpc) is 3.21. The molecule has 0 aliphatic carbocycles. The highest BCUT2D eigenvalue weighted by atomic mass is 127. The van der Waals surface area contributed by atoms with Gasteiger partial charge in [0.15, 0.2) is 0 Å². The first-order chi connectivity index (χ1) is 14.6. The molecule has 0 amide bonds. The number of nitrogens with zero attached hydrogens (tertiary/aromatic N) is 3. The van der Waals surface area contributed by atoms with Crippen LogP contribution in [0.4, 0.5) is 10.1 Å². The van der Waals surface area contributed by atoms with Gasteiger partial charge in [0, 0.05) is 31.0 Å². The summed E-state index contributed by atoms with van der Waals surface area (Å²) in [5.41, 5.74) is 4.67. The molecule has 1 atom stereocenters. The molecule has 7 heteroatoms. The summed E-state index contributed by atoms with van der Waals surface area (Å²) in [6.07, 6.45) is 5.90. The summed E-state index contributed by atoms with van der Waals surface area (Å²) in [6, 6.07) is 14.2. The monoisotopic (exact) mass is 538 g/mol. The maximum Gasteiger partial charge on any atom is 0.142 e. The number of aromatic amines is 1. The number of aromatic nitrogens is 2. The fourth-order valence-corrected chi connectivity index (χ4v) is 6.29. The molecule has 1 aliphatic rings. The van der Waals surface area contributed by atoms with E-state index in [1.807, 2.05) is 12.3 Å². The van der Waals surface area contributed by atoms with E-state index in [0.29, 0.717) is 6.04 Å². The summed E-state index contributed by atoms with van der Waals surface area (Å²) in [4.78, 5) is 9.98. The van der Waals surface area contributed by atoms with Crippen molar-refractivity contribution in [2.24, 2.45) is 0 Å². The van der Waals surface area contributed by atoms with Crippen molar-refractivity contribution in [3.8, 4) is 0 Å². The standard InChI is InChI=1S/C23H25ClFIN4/c1-2-5-20-15-29(26-11-17-8-9-21(24)22(25)10-17)13-18-6-3-4-7-23(18)30(20)14-19-12-27-16-28-19/h3-4,6-12,16,20H,2,5,13-15H2,1H3,(H,27,28). The van der Waals surface area contributed by atoms with E-state index in [1.54, 1.807) is 12.4 Å². The Balaban J connectivity index is 1.63. The molecule has 2 heterocycles. The molecule has 1 aromatic heterocycles. The lowest BCUT2D eigenvalue weighted by Gasteiger charge is -2.33. The van der Waals surface area contributed by atoms with E-state index in [0.717, 1.165) is 43.7 Å². The molecular formula is C23H25ClFIN4. The summed E-state index contributed by atoms with van der Waals surface area (Å²) >= 11 is 5.43. The van der Waals surface area contributed by atoms with Gasteiger partial charge in [-0.1, -0.05) is 49.2 Å². The van der Waals surface area contributed by atoms with E-state index in [1.165, 1.54) is 17.3 Å². The van der Waals surface area contributed by atoms with Gasteiger partial charge in [0.05, 0.1) is 23.6 Å². The van der Waals surface area contributed by atoms with Crippen LogP contribution >= 0.6 is 32.6 Å². The zero-order chi connectivity index (χ0) is 20.9. The van der Waals surface area contributed by atoms with E-state index in [9.17, 15) is 4.39 Å². The van der Waals surface area contributed by atoms with Crippen LogP contribution in [0, 0.1) is 5.82 Å². The predicted molar refractivity (Wildman–Crippen MR) is 131 cm³/mol. The maximum absolute atomic E-state index is 13.8. The molecule has 0 fully saturated rings. The first-order valence-electron chi connectivity index (χ1n) is 10.1. The highest BCUT2D eigenvalue weighted by Gasteiger charge is 2.27. The zero-order valence-corrected chi connectivity index (χ0v) is 19.8. The number of benzene rings is 2. The van der Waals surface area contributed by atoms with Gasteiger partial charge in [-0.15, -0.1) is 0 Å². The van der Waals surface area contributed by atoms with Crippen molar-refractivity contribution in [1.29, 1.82) is 0 Å². The highest BCUT2D eigenvalue weighted by Crippen LogP contribution is 2.33. The molecule has 4 nitrogen and oxygen atoms in total. The van der Waals surface area contributed by atoms with Gasteiger partial charge in [0.25, 0.3) is 0 Å². The molecule has 2 aromatic carbocycles. The Morgan fingerprint density at radius 3 is 2.93 bits per heavy atom. The van der Waals surface area contributed by atoms with E-state index in [-0.39, 0.29) is 10.8 Å². The summed E-state index contributed by atoms with van der Waals surface area (Å²) in [5, 5.41) is 0.173. The van der Waals surface area contributed by atoms with E-state index < -0.39 is 21.0 Å². The number of imidazole rings is 1. The van der Waals surface area contributed by atoms with Gasteiger partial charge in [-0.25, -0.2) is 12.5 Å². The minimum atomic E-state index is -0.399. The fourth-order valence-electron chi connectivity index (χ4n) is 3.83. The first-order valence-corrected chi connectivity index (χ1v) is 12.7. The van der Waals surface area contributed by atoms with Crippen molar-refractivity contribution in [3.05, 3.63) is 82.6 Å². The second-order valence-electron chi connectivity index (χ2n) is 7.46. The SMILES string of the molecule is CCCC1CN(I=Cc2ccc(Cl)c(F)c2)Cc2ccccc2N1Cc1cnc[nH]1. The van der Waals surface area contributed by atoms with E-state index in [4.69, 9.17) is 11.6 Å². The Bertz CT molecular complexity index is 1010. The summed E-state index contributed by atoms with van der Waals surface area (Å²) in [7, 11) is 0. The third-order valence-electron chi connectivity index (χ3n) is 5.27. The average molecular weight is 539 g/mol. The van der Waals surface area contributed by atoms with Crippen LogP contribution in [0.1, 0.15) is 36.6 Å². The van der Waals surface area contributed by atoms with Gasteiger partial charge in [-0.2, -0.15) is 0 Å². The Morgan fingerprint density at radius 1 is 1.30 bits per heavy atom. The van der Waals surface area contributed by atoms with Crippen LogP contribution in [0.3, 0.4) is 0 Å². The zero-order valence-electron chi connectivity index (χ0n) is 16.9. The topological polar surface area (TPSA) is 35.2 Å². The van der Waals surface area contributed by atoms with Crippen molar-refractivity contribution < 1.29 is 4.39 Å². The van der Waals surface area contributed by atoms with Crippen LogP contribution in [0.25, 0.3) is 0 Å². The van der Waals surface area contributed by atoms with Gasteiger partial charge >= 0.3 is 0 Å². The number of hydrogen-bond donors (Lipinski definition) is 1. The fraction of sp³-hybridized carbons (Fsp3) is 0.304. The number of hydrogen-bond acceptors (Lipinski definition) is 3. The number of H-pyrrole nitrogens is 1. The van der Waals surface area contributed by atoms with Crippen LogP contribution < -0.4 is 4.90 Å². The smallest absolute Gasteiger partial charge is 0.142 e. The Labute approximate surface area is 192 Å². The van der Waals surface area contributed by atoms with Crippen molar-refractivity contribution in [3.63, 3.8) is 0 Å². The minimum absolute atomic E-state index is 0.173. The normalized spacial score (nSPS) is 17.6. The number of para-hydroxylation sites is 1. The Morgan fingerprint density at radius 2 is 2.17 bits per heavy atom. The van der Waals surface area contributed by atoms with Gasteiger partial charge in [0.1, 0.15) is 5.82 Å². The van der Waals surface area contributed by atoms with Gasteiger partial charge in [-0.3, -0.25) is 0 Å².